The maximum absolute atomic E-state index is 11.4. The van der Waals surface area contributed by atoms with Gasteiger partial charge in [0.2, 0.25) is 0 Å². The molecule has 0 spiro atoms. The molecule has 0 aliphatic rings. The van der Waals surface area contributed by atoms with Crippen LogP contribution in [0.15, 0.2) is 6.20 Å². The highest BCUT2D eigenvalue weighted by molar-refractivity contribution is 6.32. The third-order valence-corrected chi connectivity index (χ3v) is 2.62. The van der Waals surface area contributed by atoms with Gasteiger partial charge in [-0.25, -0.2) is 4.79 Å². The topological polar surface area (TPSA) is 44.1 Å². The largest absolute Gasteiger partial charge is 0.462 e. The minimum atomic E-state index is -0.419. The minimum absolute atomic E-state index is 0.181. The number of hydrogen-bond acceptors (Lipinski definition) is 3. The Kier molecular flexibility index (Phi) is 4.15. The van der Waals surface area contributed by atoms with Crippen molar-refractivity contribution in [2.45, 2.75) is 33.2 Å². The standard InChI is InChI=1S/C10H15ClN2O2/c1-4-7(3)13-9(11)8(6-12-13)10(14)15-5-2/h6-7H,4-5H2,1-3H3. The summed E-state index contributed by atoms with van der Waals surface area (Å²) in [6.45, 7) is 6.12. The summed E-state index contributed by atoms with van der Waals surface area (Å²) in [7, 11) is 0. The van der Waals surface area contributed by atoms with Gasteiger partial charge < -0.3 is 4.74 Å². The highest BCUT2D eigenvalue weighted by atomic mass is 35.5. The molecule has 1 rings (SSSR count). The molecular formula is C10H15ClN2O2. The van der Waals surface area contributed by atoms with Crippen molar-refractivity contribution in [2.24, 2.45) is 0 Å². The Morgan fingerprint density at radius 3 is 2.87 bits per heavy atom. The summed E-state index contributed by atoms with van der Waals surface area (Å²) in [5.74, 6) is -0.419. The average Bonchev–Trinajstić information content (AvgIpc) is 2.59. The van der Waals surface area contributed by atoms with E-state index in [9.17, 15) is 4.79 Å². The van der Waals surface area contributed by atoms with Crippen LogP contribution in [0, 0.1) is 0 Å². The molecule has 0 fully saturated rings. The van der Waals surface area contributed by atoms with Gasteiger partial charge in [0, 0.05) is 0 Å². The van der Waals surface area contributed by atoms with Crippen molar-refractivity contribution in [2.75, 3.05) is 6.61 Å². The molecule has 1 atom stereocenters. The lowest BCUT2D eigenvalue weighted by Crippen LogP contribution is -2.08. The molecule has 84 valence electrons. The molecule has 0 saturated heterocycles. The molecule has 0 amide bonds. The van der Waals surface area contributed by atoms with Crippen LogP contribution < -0.4 is 0 Å². The van der Waals surface area contributed by atoms with Crippen LogP contribution in [0.1, 0.15) is 43.6 Å². The van der Waals surface area contributed by atoms with E-state index in [-0.39, 0.29) is 6.04 Å². The van der Waals surface area contributed by atoms with Crippen LogP contribution in [0.3, 0.4) is 0 Å². The van der Waals surface area contributed by atoms with Crippen molar-refractivity contribution in [1.29, 1.82) is 0 Å². The van der Waals surface area contributed by atoms with Gasteiger partial charge in [-0.3, -0.25) is 4.68 Å². The number of ether oxygens (including phenoxy) is 1. The summed E-state index contributed by atoms with van der Waals surface area (Å²) in [5.41, 5.74) is 0.332. The molecule has 0 aromatic carbocycles. The van der Waals surface area contributed by atoms with Crippen molar-refractivity contribution in [3.63, 3.8) is 0 Å². The molecule has 1 aromatic rings. The fourth-order valence-electron chi connectivity index (χ4n) is 1.17. The van der Waals surface area contributed by atoms with Crippen LogP contribution in [-0.2, 0) is 4.74 Å². The zero-order chi connectivity index (χ0) is 11.4. The predicted octanol–water partition coefficient (Wildman–Crippen LogP) is 2.68. The second-order valence-electron chi connectivity index (χ2n) is 3.27. The van der Waals surface area contributed by atoms with E-state index in [0.717, 1.165) is 6.42 Å². The molecule has 5 heteroatoms. The number of nitrogens with zero attached hydrogens (tertiary/aromatic N) is 2. The van der Waals surface area contributed by atoms with Crippen LogP contribution in [0.25, 0.3) is 0 Å². The highest BCUT2D eigenvalue weighted by Crippen LogP contribution is 2.21. The third-order valence-electron chi connectivity index (χ3n) is 2.24. The first-order chi connectivity index (χ1) is 7.11. The minimum Gasteiger partial charge on any atom is -0.462 e. The Hall–Kier alpha value is -1.03. The van der Waals surface area contributed by atoms with Crippen molar-refractivity contribution in [3.05, 3.63) is 16.9 Å². The number of rotatable bonds is 4. The van der Waals surface area contributed by atoms with E-state index < -0.39 is 5.97 Å². The zero-order valence-corrected chi connectivity index (χ0v) is 9.91. The van der Waals surface area contributed by atoms with E-state index in [4.69, 9.17) is 16.3 Å². The molecule has 0 N–H and O–H groups in total. The number of esters is 1. The smallest absolute Gasteiger partial charge is 0.342 e. The zero-order valence-electron chi connectivity index (χ0n) is 9.16. The number of carbonyl (C=O) groups excluding carboxylic acids is 1. The first kappa shape index (κ1) is 12.0. The maximum atomic E-state index is 11.4. The number of hydrogen-bond donors (Lipinski definition) is 0. The Bertz CT molecular complexity index is 349. The van der Waals surface area contributed by atoms with Gasteiger partial charge in [0.25, 0.3) is 0 Å². The van der Waals surface area contributed by atoms with Crippen LogP contribution >= 0.6 is 11.6 Å². The number of aromatic nitrogens is 2. The third kappa shape index (κ3) is 2.50. The second kappa shape index (κ2) is 5.16. The first-order valence-corrected chi connectivity index (χ1v) is 5.39. The average molecular weight is 231 g/mol. The molecule has 0 aliphatic heterocycles. The predicted molar refractivity (Wildman–Crippen MR) is 58.2 cm³/mol. The second-order valence-corrected chi connectivity index (χ2v) is 3.63. The SMILES string of the molecule is CCOC(=O)c1cnn(C(C)CC)c1Cl. The first-order valence-electron chi connectivity index (χ1n) is 5.01. The van der Waals surface area contributed by atoms with Crippen LogP contribution in [-0.4, -0.2) is 22.4 Å². The van der Waals surface area contributed by atoms with E-state index in [1.165, 1.54) is 6.20 Å². The van der Waals surface area contributed by atoms with Gasteiger partial charge in [0.15, 0.2) is 0 Å². The lowest BCUT2D eigenvalue weighted by Gasteiger charge is -2.10. The van der Waals surface area contributed by atoms with Crippen LogP contribution in [0.5, 0.6) is 0 Å². The van der Waals surface area contributed by atoms with E-state index in [1.807, 2.05) is 13.8 Å². The Morgan fingerprint density at radius 2 is 2.33 bits per heavy atom. The Morgan fingerprint density at radius 1 is 1.67 bits per heavy atom. The number of halogens is 1. The van der Waals surface area contributed by atoms with Gasteiger partial charge in [-0.1, -0.05) is 18.5 Å². The molecule has 0 aliphatic carbocycles. The molecule has 1 heterocycles. The van der Waals surface area contributed by atoms with Crippen molar-refractivity contribution in [1.82, 2.24) is 9.78 Å². The molecule has 4 nitrogen and oxygen atoms in total. The van der Waals surface area contributed by atoms with Gasteiger partial charge in [0.05, 0.1) is 18.8 Å². The lowest BCUT2D eigenvalue weighted by atomic mass is 10.3. The summed E-state index contributed by atoms with van der Waals surface area (Å²) in [5, 5.41) is 4.42. The molecule has 0 bridgehead atoms. The number of carbonyl (C=O) groups is 1. The summed E-state index contributed by atoms with van der Waals surface area (Å²) in [6, 6.07) is 0.181. The molecule has 1 unspecified atom stereocenters. The normalized spacial score (nSPS) is 12.5. The van der Waals surface area contributed by atoms with Gasteiger partial charge in [-0.15, -0.1) is 0 Å². The maximum Gasteiger partial charge on any atom is 0.342 e. The summed E-state index contributed by atoms with van der Waals surface area (Å²) < 4.78 is 6.49. The van der Waals surface area contributed by atoms with Crippen molar-refractivity contribution in [3.8, 4) is 0 Å². The van der Waals surface area contributed by atoms with Crippen LogP contribution in [0.4, 0.5) is 0 Å². The van der Waals surface area contributed by atoms with E-state index in [0.29, 0.717) is 17.3 Å². The van der Waals surface area contributed by atoms with Gasteiger partial charge >= 0.3 is 5.97 Å². The van der Waals surface area contributed by atoms with E-state index >= 15 is 0 Å². The summed E-state index contributed by atoms with van der Waals surface area (Å²) in [6.07, 6.45) is 2.36. The Labute approximate surface area is 94.2 Å². The highest BCUT2D eigenvalue weighted by Gasteiger charge is 2.18. The Balaban J connectivity index is 2.93. The van der Waals surface area contributed by atoms with Crippen LogP contribution in [0.2, 0.25) is 5.15 Å². The van der Waals surface area contributed by atoms with Gasteiger partial charge in [-0.2, -0.15) is 5.10 Å². The molecular weight excluding hydrogens is 216 g/mol. The lowest BCUT2D eigenvalue weighted by molar-refractivity contribution is 0.0526. The molecule has 0 saturated carbocycles. The van der Waals surface area contributed by atoms with Crippen molar-refractivity contribution >= 4 is 17.6 Å². The monoisotopic (exact) mass is 230 g/mol. The van der Waals surface area contributed by atoms with E-state index in [2.05, 4.69) is 5.10 Å². The summed E-state index contributed by atoms with van der Waals surface area (Å²) in [4.78, 5) is 11.4. The van der Waals surface area contributed by atoms with E-state index in [1.54, 1.807) is 11.6 Å². The fourth-order valence-corrected chi connectivity index (χ4v) is 1.51. The fraction of sp³-hybridized carbons (Fsp3) is 0.600. The molecule has 1 aromatic heterocycles. The quantitative estimate of drug-likeness (QED) is 0.747. The molecule has 0 radical (unpaired) electrons. The summed E-state index contributed by atoms with van der Waals surface area (Å²) >= 11 is 6.03. The van der Waals surface area contributed by atoms with Gasteiger partial charge in [-0.05, 0) is 20.3 Å². The molecule has 15 heavy (non-hydrogen) atoms. The van der Waals surface area contributed by atoms with Crippen molar-refractivity contribution < 1.29 is 9.53 Å². The van der Waals surface area contributed by atoms with Gasteiger partial charge in [0.1, 0.15) is 10.7 Å².